The fourth-order valence-corrected chi connectivity index (χ4v) is 3.43. The Balaban J connectivity index is 0.000000166. The van der Waals surface area contributed by atoms with E-state index in [1.807, 2.05) is 19.2 Å². The molecule has 2 unspecified atom stereocenters. The molecule has 0 aliphatic rings. The SMILES string of the molecule is CC(c1cnc[nH]1)c1ccccc1F.CCCC(c1ccccc1)c1cnc[nH]1. The number of rotatable bonds is 6. The molecule has 0 radical (unpaired) electrons. The van der Waals surface area contributed by atoms with E-state index in [9.17, 15) is 4.39 Å². The topological polar surface area (TPSA) is 57.4 Å². The van der Waals surface area contributed by atoms with Crippen molar-refractivity contribution < 1.29 is 4.39 Å². The summed E-state index contributed by atoms with van der Waals surface area (Å²) < 4.78 is 13.4. The van der Waals surface area contributed by atoms with Crippen LogP contribution in [0.4, 0.5) is 4.39 Å². The first kappa shape index (κ1) is 20.5. The largest absolute Gasteiger partial charge is 0.348 e. The van der Waals surface area contributed by atoms with E-state index in [0.717, 1.165) is 12.1 Å². The van der Waals surface area contributed by atoms with Gasteiger partial charge in [-0.2, -0.15) is 0 Å². The Bertz CT molecular complexity index is 950. The lowest BCUT2D eigenvalue weighted by Gasteiger charge is -2.14. The van der Waals surface area contributed by atoms with Crippen molar-refractivity contribution >= 4 is 0 Å². The van der Waals surface area contributed by atoms with Gasteiger partial charge in [0.25, 0.3) is 0 Å². The van der Waals surface area contributed by atoms with Gasteiger partial charge in [0.1, 0.15) is 5.82 Å². The first-order valence-corrected chi connectivity index (χ1v) is 9.96. The summed E-state index contributed by atoms with van der Waals surface area (Å²) in [5, 5.41) is 0. The highest BCUT2D eigenvalue weighted by molar-refractivity contribution is 5.28. The van der Waals surface area contributed by atoms with Crippen molar-refractivity contribution in [3.05, 3.63) is 108 Å². The molecule has 0 spiro atoms. The number of imidazole rings is 2. The van der Waals surface area contributed by atoms with Crippen LogP contribution >= 0.6 is 0 Å². The quantitative estimate of drug-likeness (QED) is 0.421. The maximum atomic E-state index is 13.4. The van der Waals surface area contributed by atoms with Gasteiger partial charge < -0.3 is 9.97 Å². The van der Waals surface area contributed by atoms with Crippen molar-refractivity contribution in [2.75, 3.05) is 0 Å². The zero-order chi connectivity index (χ0) is 20.5. The number of nitrogens with one attached hydrogen (secondary N) is 2. The minimum atomic E-state index is -0.172. The lowest BCUT2D eigenvalue weighted by Crippen LogP contribution is -2.00. The molecular formula is C24H27FN4. The van der Waals surface area contributed by atoms with Crippen molar-refractivity contribution in [3.8, 4) is 0 Å². The van der Waals surface area contributed by atoms with Crippen LogP contribution in [0.25, 0.3) is 0 Å². The number of benzene rings is 2. The Morgan fingerprint density at radius 1 is 0.862 bits per heavy atom. The third-order valence-electron chi connectivity index (χ3n) is 5.03. The summed E-state index contributed by atoms with van der Waals surface area (Å²) in [4.78, 5) is 14.2. The predicted octanol–water partition coefficient (Wildman–Crippen LogP) is 6.04. The van der Waals surface area contributed by atoms with Crippen molar-refractivity contribution in [3.63, 3.8) is 0 Å². The van der Waals surface area contributed by atoms with Gasteiger partial charge in [0.05, 0.1) is 12.7 Å². The monoisotopic (exact) mass is 390 g/mol. The van der Waals surface area contributed by atoms with Gasteiger partial charge in [-0.25, -0.2) is 14.4 Å². The Labute approximate surface area is 171 Å². The van der Waals surface area contributed by atoms with Crippen molar-refractivity contribution in [1.82, 2.24) is 19.9 Å². The Hall–Kier alpha value is -3.21. The third-order valence-corrected chi connectivity index (χ3v) is 5.03. The second-order valence-corrected chi connectivity index (χ2v) is 7.01. The van der Waals surface area contributed by atoms with E-state index in [1.54, 1.807) is 31.0 Å². The summed E-state index contributed by atoms with van der Waals surface area (Å²) in [6.07, 6.45) is 9.34. The van der Waals surface area contributed by atoms with E-state index >= 15 is 0 Å². The Kier molecular flexibility index (Phi) is 7.34. The Morgan fingerprint density at radius 2 is 1.48 bits per heavy atom. The average Bonchev–Trinajstić information content (AvgIpc) is 3.47. The molecule has 150 valence electrons. The van der Waals surface area contributed by atoms with Crippen LogP contribution < -0.4 is 0 Å². The molecule has 0 saturated heterocycles. The molecule has 0 bridgehead atoms. The van der Waals surface area contributed by atoms with Gasteiger partial charge in [-0.15, -0.1) is 0 Å². The molecule has 2 aromatic heterocycles. The zero-order valence-corrected chi connectivity index (χ0v) is 16.8. The van der Waals surface area contributed by atoms with E-state index in [0.29, 0.717) is 11.5 Å². The van der Waals surface area contributed by atoms with Crippen molar-refractivity contribution in [2.45, 2.75) is 38.5 Å². The summed E-state index contributed by atoms with van der Waals surface area (Å²) in [6, 6.07) is 17.4. The van der Waals surface area contributed by atoms with Gasteiger partial charge in [0.2, 0.25) is 0 Å². The molecule has 0 fully saturated rings. The minimum absolute atomic E-state index is 0.0127. The van der Waals surface area contributed by atoms with E-state index in [4.69, 9.17) is 0 Å². The summed E-state index contributed by atoms with van der Waals surface area (Å²) in [5.74, 6) is 0.298. The van der Waals surface area contributed by atoms with E-state index in [2.05, 4.69) is 57.2 Å². The maximum absolute atomic E-state index is 13.4. The number of halogens is 1. The molecule has 4 rings (SSSR count). The molecule has 0 saturated carbocycles. The standard InChI is InChI=1S/C13H16N2.C11H11FN2/c1-2-6-12(13-9-14-10-15-13)11-7-4-3-5-8-11;1-8(11-6-13-7-14-11)9-4-2-3-5-10(9)12/h3-5,7-10,12H,2,6H2,1H3,(H,14,15);2-8H,1H3,(H,13,14). The second kappa shape index (κ2) is 10.4. The molecule has 0 aliphatic heterocycles. The van der Waals surface area contributed by atoms with Gasteiger partial charge in [-0.1, -0.05) is 68.8 Å². The normalized spacial score (nSPS) is 12.7. The highest BCUT2D eigenvalue weighted by Crippen LogP contribution is 2.27. The summed E-state index contributed by atoms with van der Waals surface area (Å²) in [6.45, 7) is 4.16. The van der Waals surface area contributed by atoms with Crippen molar-refractivity contribution in [2.24, 2.45) is 0 Å². The molecule has 5 heteroatoms. The molecule has 4 aromatic rings. The van der Waals surface area contributed by atoms with Crippen molar-refractivity contribution in [1.29, 1.82) is 0 Å². The predicted molar refractivity (Wildman–Crippen MR) is 114 cm³/mol. The molecule has 2 aromatic carbocycles. The Morgan fingerprint density at radius 3 is 2.07 bits per heavy atom. The molecule has 0 amide bonds. The van der Waals surface area contributed by atoms with Gasteiger partial charge in [-0.05, 0) is 23.6 Å². The minimum Gasteiger partial charge on any atom is -0.348 e. The first-order chi connectivity index (χ1) is 14.2. The first-order valence-electron chi connectivity index (χ1n) is 9.96. The van der Waals surface area contributed by atoms with Gasteiger partial charge in [0.15, 0.2) is 0 Å². The van der Waals surface area contributed by atoms with Gasteiger partial charge in [0, 0.05) is 35.6 Å². The number of hydrogen-bond donors (Lipinski definition) is 2. The number of aromatic amines is 2. The summed E-state index contributed by atoms with van der Waals surface area (Å²) in [5.41, 5.74) is 4.19. The molecule has 29 heavy (non-hydrogen) atoms. The smallest absolute Gasteiger partial charge is 0.127 e. The molecule has 2 atom stereocenters. The zero-order valence-electron chi connectivity index (χ0n) is 16.8. The number of aromatic nitrogens is 4. The molecule has 2 heterocycles. The second-order valence-electron chi connectivity index (χ2n) is 7.01. The van der Waals surface area contributed by atoms with Crippen LogP contribution in [0.2, 0.25) is 0 Å². The highest BCUT2D eigenvalue weighted by Gasteiger charge is 2.14. The number of nitrogens with zero attached hydrogens (tertiary/aromatic N) is 2. The molecule has 0 aliphatic carbocycles. The van der Waals surface area contributed by atoms with Crippen LogP contribution in [0.5, 0.6) is 0 Å². The van der Waals surface area contributed by atoms with Gasteiger partial charge in [-0.3, -0.25) is 0 Å². The lowest BCUT2D eigenvalue weighted by molar-refractivity contribution is 0.601. The van der Waals surface area contributed by atoms with Crippen LogP contribution in [0.1, 0.15) is 61.0 Å². The van der Waals surface area contributed by atoms with Crippen LogP contribution in [0, 0.1) is 5.82 Å². The van der Waals surface area contributed by atoms with E-state index < -0.39 is 0 Å². The molecule has 4 nitrogen and oxygen atoms in total. The molecular weight excluding hydrogens is 363 g/mol. The van der Waals surface area contributed by atoms with Crippen LogP contribution in [0.15, 0.2) is 79.6 Å². The van der Waals surface area contributed by atoms with Gasteiger partial charge >= 0.3 is 0 Å². The summed E-state index contributed by atoms with van der Waals surface area (Å²) >= 11 is 0. The van der Waals surface area contributed by atoms with Crippen LogP contribution in [-0.2, 0) is 0 Å². The lowest BCUT2D eigenvalue weighted by atomic mass is 9.92. The average molecular weight is 391 g/mol. The van der Waals surface area contributed by atoms with E-state index in [-0.39, 0.29) is 11.7 Å². The van der Waals surface area contributed by atoms with Crippen LogP contribution in [0.3, 0.4) is 0 Å². The number of H-pyrrole nitrogens is 2. The fraction of sp³-hybridized carbons (Fsp3) is 0.250. The third kappa shape index (κ3) is 5.41. The maximum Gasteiger partial charge on any atom is 0.127 e. The summed E-state index contributed by atoms with van der Waals surface area (Å²) in [7, 11) is 0. The fourth-order valence-electron chi connectivity index (χ4n) is 3.43. The van der Waals surface area contributed by atoms with Crippen LogP contribution in [-0.4, -0.2) is 19.9 Å². The van der Waals surface area contributed by atoms with E-state index in [1.165, 1.54) is 23.7 Å². The molecule has 2 N–H and O–H groups in total. The highest BCUT2D eigenvalue weighted by atomic mass is 19.1. The number of hydrogen-bond acceptors (Lipinski definition) is 2.